The van der Waals surface area contributed by atoms with Crippen LogP contribution in [0.15, 0.2) is 29.4 Å². The van der Waals surface area contributed by atoms with Gasteiger partial charge in [-0.15, -0.1) is 5.10 Å². The molecule has 0 N–H and O–H groups in total. The molecule has 9 heteroatoms. The summed E-state index contributed by atoms with van der Waals surface area (Å²) >= 11 is 7.27. The van der Waals surface area contributed by atoms with Crippen LogP contribution >= 0.6 is 23.4 Å². The molecule has 146 valence electrons. The van der Waals surface area contributed by atoms with Gasteiger partial charge >= 0.3 is 0 Å². The third-order valence-electron chi connectivity index (χ3n) is 4.65. The molecule has 27 heavy (non-hydrogen) atoms. The van der Waals surface area contributed by atoms with Gasteiger partial charge in [-0.3, -0.25) is 4.79 Å². The summed E-state index contributed by atoms with van der Waals surface area (Å²) in [5.74, 6) is 0.763. The number of rotatable bonds is 8. The maximum absolute atomic E-state index is 12.6. The van der Waals surface area contributed by atoms with Gasteiger partial charge in [0, 0.05) is 12.1 Å². The number of thioether (sulfide) groups is 1. The molecule has 0 spiro atoms. The second-order valence-electron chi connectivity index (χ2n) is 6.67. The summed E-state index contributed by atoms with van der Waals surface area (Å²) < 4.78 is 7.54. The van der Waals surface area contributed by atoms with Gasteiger partial charge in [-0.1, -0.05) is 36.2 Å². The zero-order valence-corrected chi connectivity index (χ0v) is 17.1. The Morgan fingerprint density at radius 2 is 2.07 bits per heavy atom. The van der Waals surface area contributed by atoms with Gasteiger partial charge in [0.15, 0.2) is 0 Å². The molecular formula is C18H24ClN5O2S. The van der Waals surface area contributed by atoms with Crippen molar-refractivity contribution >= 4 is 29.3 Å². The van der Waals surface area contributed by atoms with Crippen LogP contribution in [0.4, 0.5) is 0 Å². The molecule has 3 rings (SSSR count). The zero-order chi connectivity index (χ0) is 19.2. The highest BCUT2D eigenvalue weighted by atomic mass is 35.5. The predicted octanol–water partition coefficient (Wildman–Crippen LogP) is 3.46. The Morgan fingerprint density at radius 3 is 2.78 bits per heavy atom. The number of halogens is 1. The lowest BCUT2D eigenvalue weighted by Crippen LogP contribution is -2.36. The molecule has 0 saturated heterocycles. The molecule has 1 amide bonds. The summed E-state index contributed by atoms with van der Waals surface area (Å²) in [5, 5.41) is 13.2. The maximum Gasteiger partial charge on any atom is 0.235 e. The lowest BCUT2D eigenvalue weighted by Gasteiger charge is -2.21. The van der Waals surface area contributed by atoms with Crippen molar-refractivity contribution in [1.29, 1.82) is 0 Å². The average molecular weight is 410 g/mol. The van der Waals surface area contributed by atoms with Gasteiger partial charge in [-0.25, -0.2) is 4.68 Å². The summed E-state index contributed by atoms with van der Waals surface area (Å²) in [5.41, 5.74) is 0. The first-order valence-electron chi connectivity index (χ1n) is 9.12. The van der Waals surface area contributed by atoms with Gasteiger partial charge in [-0.2, -0.15) is 0 Å². The highest BCUT2D eigenvalue weighted by Crippen LogP contribution is 2.32. The van der Waals surface area contributed by atoms with Crippen LogP contribution in [0.5, 0.6) is 5.75 Å². The molecule has 1 heterocycles. The maximum atomic E-state index is 12.6. The lowest BCUT2D eigenvalue weighted by molar-refractivity contribution is -0.129. The van der Waals surface area contributed by atoms with Crippen LogP contribution in [0.25, 0.3) is 0 Å². The summed E-state index contributed by atoms with van der Waals surface area (Å²) in [7, 11) is 1.78. The highest BCUT2D eigenvalue weighted by Gasteiger charge is 2.25. The molecule has 1 saturated carbocycles. The smallest absolute Gasteiger partial charge is 0.235 e. The standard InChI is InChI=1S/C18H24ClN5O2S/c1-13(27-18-20-21-22-24(18)15-5-3-4-6-15)17(25)23(2)11-12-26-16-9-7-14(19)8-10-16/h7-10,13,15H,3-6,11-12H2,1-2H3/t13-/m0/s1. The van der Waals surface area contributed by atoms with Crippen molar-refractivity contribution < 1.29 is 9.53 Å². The van der Waals surface area contributed by atoms with Crippen LogP contribution in [0.3, 0.4) is 0 Å². The van der Waals surface area contributed by atoms with E-state index >= 15 is 0 Å². The number of carbonyl (C=O) groups is 1. The Kier molecular flexibility index (Phi) is 6.95. The molecule has 1 aromatic heterocycles. The van der Waals surface area contributed by atoms with Crippen molar-refractivity contribution in [3.8, 4) is 5.75 Å². The van der Waals surface area contributed by atoms with E-state index in [9.17, 15) is 4.79 Å². The minimum atomic E-state index is -0.267. The minimum Gasteiger partial charge on any atom is -0.492 e. The molecule has 0 radical (unpaired) electrons. The third-order valence-corrected chi connectivity index (χ3v) is 5.94. The Labute approximate surface area is 168 Å². The van der Waals surface area contributed by atoms with Crippen LogP contribution in [0.2, 0.25) is 5.02 Å². The van der Waals surface area contributed by atoms with Gasteiger partial charge in [-0.05, 0) is 54.5 Å². The number of carbonyl (C=O) groups excluding carboxylic acids is 1. The largest absolute Gasteiger partial charge is 0.492 e. The van der Waals surface area contributed by atoms with Crippen LogP contribution in [-0.4, -0.2) is 56.5 Å². The number of tetrazole rings is 1. The molecule has 2 aromatic rings. The molecule has 1 atom stereocenters. The molecule has 0 aliphatic heterocycles. The van der Waals surface area contributed by atoms with Crippen LogP contribution in [0.1, 0.15) is 38.6 Å². The fraction of sp³-hybridized carbons (Fsp3) is 0.556. The second kappa shape index (κ2) is 9.41. The fourth-order valence-corrected chi connectivity index (χ4v) is 4.20. The van der Waals surface area contributed by atoms with E-state index < -0.39 is 0 Å². The van der Waals surface area contributed by atoms with E-state index in [-0.39, 0.29) is 11.2 Å². The van der Waals surface area contributed by atoms with Crippen molar-refractivity contribution in [2.45, 2.75) is 49.1 Å². The topological polar surface area (TPSA) is 73.1 Å². The molecule has 1 aliphatic carbocycles. The zero-order valence-electron chi connectivity index (χ0n) is 15.5. The van der Waals surface area contributed by atoms with Gasteiger partial charge in [0.05, 0.1) is 17.8 Å². The number of aromatic nitrogens is 4. The highest BCUT2D eigenvalue weighted by molar-refractivity contribution is 8.00. The third kappa shape index (κ3) is 5.35. The molecule has 0 unspecified atom stereocenters. The van der Waals surface area contributed by atoms with E-state index in [0.717, 1.165) is 18.6 Å². The average Bonchev–Trinajstić information content (AvgIpc) is 3.34. The van der Waals surface area contributed by atoms with Crippen molar-refractivity contribution in [3.63, 3.8) is 0 Å². The van der Waals surface area contributed by atoms with Crippen LogP contribution in [-0.2, 0) is 4.79 Å². The molecular weight excluding hydrogens is 386 g/mol. The first kappa shape index (κ1) is 19.9. The van der Waals surface area contributed by atoms with Crippen molar-refractivity contribution in [3.05, 3.63) is 29.3 Å². The molecule has 7 nitrogen and oxygen atoms in total. The minimum absolute atomic E-state index is 0.0284. The summed E-state index contributed by atoms with van der Waals surface area (Å²) in [4.78, 5) is 14.3. The number of likely N-dealkylation sites (N-methyl/N-ethyl adjacent to an activating group) is 1. The van der Waals surface area contributed by atoms with E-state index in [1.807, 2.05) is 23.7 Å². The number of amides is 1. The Bertz CT molecular complexity index is 748. The molecule has 0 bridgehead atoms. The first-order valence-corrected chi connectivity index (χ1v) is 10.4. The van der Waals surface area contributed by atoms with Crippen molar-refractivity contribution in [2.24, 2.45) is 0 Å². The number of hydrogen-bond donors (Lipinski definition) is 0. The second-order valence-corrected chi connectivity index (χ2v) is 8.41. The Balaban J connectivity index is 1.48. The number of nitrogens with zero attached hydrogens (tertiary/aromatic N) is 5. The Morgan fingerprint density at radius 1 is 1.37 bits per heavy atom. The van der Waals surface area contributed by atoms with Gasteiger partial charge < -0.3 is 9.64 Å². The predicted molar refractivity (Wildman–Crippen MR) is 105 cm³/mol. The summed E-state index contributed by atoms with van der Waals surface area (Å²) in [6, 6.07) is 7.53. The summed E-state index contributed by atoms with van der Waals surface area (Å²) in [6.45, 7) is 2.80. The van der Waals surface area contributed by atoms with E-state index in [0.29, 0.717) is 29.4 Å². The van der Waals surface area contributed by atoms with Gasteiger partial charge in [0.2, 0.25) is 11.1 Å². The number of ether oxygens (including phenoxy) is 1. The van der Waals surface area contributed by atoms with E-state index in [1.165, 1.54) is 24.6 Å². The number of benzene rings is 1. The van der Waals surface area contributed by atoms with Gasteiger partial charge in [0.25, 0.3) is 0 Å². The van der Waals surface area contributed by atoms with E-state index in [1.54, 1.807) is 24.1 Å². The quantitative estimate of drug-likeness (QED) is 0.621. The molecule has 1 aliphatic rings. The fourth-order valence-electron chi connectivity index (χ4n) is 3.10. The summed E-state index contributed by atoms with van der Waals surface area (Å²) in [6.07, 6.45) is 4.62. The SMILES string of the molecule is C[C@H](Sc1nnnn1C1CCCC1)C(=O)N(C)CCOc1ccc(Cl)cc1. The van der Waals surface area contributed by atoms with Crippen molar-refractivity contribution in [1.82, 2.24) is 25.1 Å². The number of hydrogen-bond acceptors (Lipinski definition) is 6. The van der Waals surface area contributed by atoms with E-state index in [4.69, 9.17) is 16.3 Å². The normalized spacial score (nSPS) is 15.7. The molecule has 1 fully saturated rings. The first-order chi connectivity index (χ1) is 13.0. The van der Waals surface area contributed by atoms with Gasteiger partial charge in [0.1, 0.15) is 12.4 Å². The van der Waals surface area contributed by atoms with Crippen molar-refractivity contribution in [2.75, 3.05) is 20.2 Å². The van der Waals surface area contributed by atoms with Crippen LogP contribution in [0, 0.1) is 0 Å². The monoisotopic (exact) mass is 409 g/mol. The van der Waals surface area contributed by atoms with E-state index in [2.05, 4.69) is 15.5 Å². The Hall–Kier alpha value is -1.80. The van der Waals surface area contributed by atoms with Crippen LogP contribution < -0.4 is 4.74 Å². The molecule has 1 aromatic carbocycles. The lowest BCUT2D eigenvalue weighted by atomic mass is 10.3.